The van der Waals surface area contributed by atoms with Gasteiger partial charge in [-0.3, -0.25) is 0 Å². The van der Waals surface area contributed by atoms with Crippen molar-refractivity contribution >= 4 is 17.4 Å². The Bertz CT molecular complexity index is 290. The third-order valence-electron chi connectivity index (χ3n) is 1.16. The van der Waals surface area contributed by atoms with E-state index in [1.807, 2.05) is 6.92 Å². The van der Waals surface area contributed by atoms with Crippen molar-refractivity contribution in [1.82, 2.24) is 10.1 Å². The third kappa shape index (κ3) is 1.93. The van der Waals surface area contributed by atoms with Gasteiger partial charge in [-0.2, -0.15) is 4.98 Å². The Morgan fingerprint density at radius 1 is 1.73 bits per heavy atom. The van der Waals surface area contributed by atoms with E-state index < -0.39 is 0 Å². The van der Waals surface area contributed by atoms with Crippen molar-refractivity contribution < 1.29 is 4.52 Å². The maximum absolute atomic E-state index is 4.75. The molecule has 1 unspecified atom stereocenters. The molecule has 1 heterocycles. The number of thiocarbonyl (C=S) groups is 1. The number of rotatable bonds is 2. The summed E-state index contributed by atoms with van der Waals surface area (Å²) in [6.45, 7) is 3.55. The second-order valence-electron chi connectivity index (χ2n) is 2.07. The van der Waals surface area contributed by atoms with Gasteiger partial charge in [-0.15, -0.1) is 0 Å². The normalized spacial score (nSPS) is 12.2. The van der Waals surface area contributed by atoms with Gasteiger partial charge in [-0.05, 0) is 19.1 Å². The molecule has 58 valence electrons. The number of hydrogen-bond acceptors (Lipinski definition) is 5. The van der Waals surface area contributed by atoms with Gasteiger partial charge in [0, 0.05) is 6.92 Å². The van der Waals surface area contributed by atoms with E-state index in [1.54, 1.807) is 6.92 Å². The van der Waals surface area contributed by atoms with Crippen LogP contribution in [-0.4, -0.2) is 15.3 Å². The van der Waals surface area contributed by atoms with Crippen LogP contribution in [0.1, 0.15) is 24.7 Å². The minimum absolute atomic E-state index is 0.162. The summed E-state index contributed by atoms with van der Waals surface area (Å²) in [5, 5.41) is 5.93. The minimum atomic E-state index is -0.162. The smallest absolute Gasteiger partial charge is 0.223 e. The topological polar surface area (TPSA) is 51.3 Å². The number of aromatic nitrogens is 2. The van der Waals surface area contributed by atoms with Crippen molar-refractivity contribution in [2.75, 3.05) is 0 Å². The molecule has 1 rings (SSSR count). The predicted octanol–water partition coefficient (Wildman–Crippen LogP) is 1.54. The first-order valence-corrected chi connectivity index (χ1v) is 3.52. The monoisotopic (exact) mass is 169 g/mol. The summed E-state index contributed by atoms with van der Waals surface area (Å²) in [7, 11) is 0. The van der Waals surface area contributed by atoms with Crippen molar-refractivity contribution in [3.05, 3.63) is 11.7 Å². The van der Waals surface area contributed by atoms with Crippen molar-refractivity contribution in [3.63, 3.8) is 0 Å². The fourth-order valence-corrected chi connectivity index (χ4v) is 0.780. The van der Waals surface area contributed by atoms with Crippen LogP contribution in [0.15, 0.2) is 9.52 Å². The predicted molar refractivity (Wildman–Crippen MR) is 42.5 cm³/mol. The Morgan fingerprint density at radius 3 is 2.91 bits per heavy atom. The first-order valence-electron chi connectivity index (χ1n) is 3.11. The molecule has 5 heteroatoms. The zero-order valence-electron chi connectivity index (χ0n) is 6.24. The summed E-state index contributed by atoms with van der Waals surface area (Å²) in [6, 6.07) is -0.162. The van der Waals surface area contributed by atoms with Crippen LogP contribution in [-0.2, 0) is 0 Å². The Morgan fingerprint density at radius 2 is 2.45 bits per heavy atom. The van der Waals surface area contributed by atoms with E-state index in [2.05, 4.69) is 32.5 Å². The Labute approximate surface area is 69.3 Å². The van der Waals surface area contributed by atoms with Crippen molar-refractivity contribution in [2.45, 2.75) is 19.9 Å². The van der Waals surface area contributed by atoms with Crippen LogP contribution in [0.5, 0.6) is 0 Å². The van der Waals surface area contributed by atoms with Crippen LogP contribution in [0.25, 0.3) is 0 Å². The second-order valence-corrected chi connectivity index (χ2v) is 2.25. The van der Waals surface area contributed by atoms with E-state index in [0.717, 1.165) is 0 Å². The molecule has 0 aliphatic rings. The van der Waals surface area contributed by atoms with E-state index in [4.69, 9.17) is 4.52 Å². The molecule has 0 radical (unpaired) electrons. The van der Waals surface area contributed by atoms with Crippen molar-refractivity contribution in [2.24, 2.45) is 4.99 Å². The lowest BCUT2D eigenvalue weighted by Gasteiger charge is -1.92. The largest absolute Gasteiger partial charge is 0.340 e. The van der Waals surface area contributed by atoms with Gasteiger partial charge < -0.3 is 4.52 Å². The van der Waals surface area contributed by atoms with Gasteiger partial charge in [0.05, 0.1) is 5.16 Å². The average molecular weight is 169 g/mol. The SMILES string of the molecule is Cc1nc(C(C)N=C=S)no1. The maximum Gasteiger partial charge on any atom is 0.223 e. The Balaban J connectivity index is 2.84. The molecular weight excluding hydrogens is 162 g/mol. The lowest BCUT2D eigenvalue weighted by molar-refractivity contribution is 0.384. The maximum atomic E-state index is 4.75. The molecule has 0 aromatic carbocycles. The summed E-state index contributed by atoms with van der Waals surface area (Å²) in [4.78, 5) is 7.76. The summed E-state index contributed by atoms with van der Waals surface area (Å²) in [5.74, 6) is 1.08. The molecule has 0 N–H and O–H groups in total. The van der Waals surface area contributed by atoms with Gasteiger partial charge in [-0.25, -0.2) is 4.99 Å². The molecule has 0 spiro atoms. The van der Waals surface area contributed by atoms with Crippen molar-refractivity contribution in [1.29, 1.82) is 0 Å². The quantitative estimate of drug-likeness (QED) is 0.497. The number of hydrogen-bond donors (Lipinski definition) is 0. The summed E-state index contributed by atoms with van der Waals surface area (Å²) in [6.07, 6.45) is 0. The van der Waals surface area contributed by atoms with E-state index in [-0.39, 0.29) is 6.04 Å². The highest BCUT2D eigenvalue weighted by molar-refractivity contribution is 7.78. The average Bonchev–Trinajstić information content (AvgIpc) is 2.36. The molecular formula is C6H7N3OS. The van der Waals surface area contributed by atoms with Crippen molar-refractivity contribution in [3.8, 4) is 0 Å². The molecule has 0 amide bonds. The lowest BCUT2D eigenvalue weighted by atomic mass is 10.3. The number of aryl methyl sites for hydroxylation is 1. The van der Waals surface area contributed by atoms with E-state index >= 15 is 0 Å². The van der Waals surface area contributed by atoms with Gasteiger partial charge in [-0.1, -0.05) is 5.16 Å². The number of aliphatic imine (C=N–C) groups is 1. The zero-order chi connectivity index (χ0) is 8.27. The second kappa shape index (κ2) is 3.37. The molecule has 4 nitrogen and oxygen atoms in total. The third-order valence-corrected chi connectivity index (χ3v) is 1.27. The van der Waals surface area contributed by atoms with Crippen LogP contribution < -0.4 is 0 Å². The van der Waals surface area contributed by atoms with E-state index in [1.165, 1.54) is 0 Å². The summed E-state index contributed by atoms with van der Waals surface area (Å²) < 4.78 is 4.75. The highest BCUT2D eigenvalue weighted by Gasteiger charge is 2.09. The molecule has 0 saturated heterocycles. The highest BCUT2D eigenvalue weighted by Crippen LogP contribution is 2.10. The first kappa shape index (κ1) is 8.04. The molecule has 0 aliphatic carbocycles. The number of isothiocyanates is 1. The Hall–Kier alpha value is -1.06. The van der Waals surface area contributed by atoms with Crippen LogP contribution >= 0.6 is 12.2 Å². The van der Waals surface area contributed by atoms with Crippen LogP contribution in [0, 0.1) is 6.92 Å². The standard InChI is InChI=1S/C6H7N3OS/c1-4(7-3-11)6-8-5(2)10-9-6/h4H,1-2H3. The zero-order valence-corrected chi connectivity index (χ0v) is 7.05. The van der Waals surface area contributed by atoms with E-state index in [0.29, 0.717) is 11.7 Å². The Kier molecular flexibility index (Phi) is 2.46. The molecule has 0 saturated carbocycles. The van der Waals surface area contributed by atoms with Gasteiger partial charge >= 0.3 is 0 Å². The molecule has 1 aromatic heterocycles. The minimum Gasteiger partial charge on any atom is -0.340 e. The fraction of sp³-hybridized carbons (Fsp3) is 0.500. The lowest BCUT2D eigenvalue weighted by Crippen LogP contribution is -1.91. The highest BCUT2D eigenvalue weighted by atomic mass is 32.1. The van der Waals surface area contributed by atoms with Gasteiger partial charge in [0.25, 0.3) is 0 Å². The van der Waals surface area contributed by atoms with Gasteiger partial charge in [0.1, 0.15) is 6.04 Å². The molecule has 1 aromatic rings. The molecule has 0 bridgehead atoms. The van der Waals surface area contributed by atoms with E-state index in [9.17, 15) is 0 Å². The van der Waals surface area contributed by atoms with Crippen LogP contribution in [0.2, 0.25) is 0 Å². The number of nitrogens with zero attached hydrogens (tertiary/aromatic N) is 3. The molecule has 1 atom stereocenters. The van der Waals surface area contributed by atoms with Crippen LogP contribution in [0.3, 0.4) is 0 Å². The fourth-order valence-electron chi connectivity index (χ4n) is 0.621. The summed E-state index contributed by atoms with van der Waals surface area (Å²) in [5.41, 5.74) is 0. The van der Waals surface area contributed by atoms with Gasteiger partial charge in [0.2, 0.25) is 5.89 Å². The van der Waals surface area contributed by atoms with Gasteiger partial charge in [0.15, 0.2) is 5.82 Å². The summed E-state index contributed by atoms with van der Waals surface area (Å²) >= 11 is 4.43. The first-order chi connectivity index (χ1) is 5.24. The molecule has 0 fully saturated rings. The molecule has 11 heavy (non-hydrogen) atoms. The molecule has 0 aliphatic heterocycles. The van der Waals surface area contributed by atoms with Crippen LogP contribution in [0.4, 0.5) is 0 Å².